The number of amides is 1. The van der Waals surface area contributed by atoms with Crippen LogP contribution in [0.15, 0.2) is 35.7 Å². The monoisotopic (exact) mass is 348 g/mol. The van der Waals surface area contributed by atoms with E-state index in [0.717, 1.165) is 16.3 Å². The van der Waals surface area contributed by atoms with E-state index in [0.29, 0.717) is 13.1 Å². The smallest absolute Gasteiger partial charge is 0.228 e. The van der Waals surface area contributed by atoms with Gasteiger partial charge in [-0.25, -0.2) is 13.4 Å². The maximum absolute atomic E-state index is 12.3. The number of thiazole rings is 1. The molecule has 0 bridgehead atoms. The summed E-state index contributed by atoms with van der Waals surface area (Å²) in [7, 11) is -2.83. The van der Waals surface area contributed by atoms with E-state index in [2.05, 4.69) is 4.98 Å². The quantitative estimate of drug-likeness (QED) is 0.845. The van der Waals surface area contributed by atoms with Gasteiger partial charge in [0.25, 0.3) is 0 Å². The summed E-state index contributed by atoms with van der Waals surface area (Å²) in [6.45, 7) is 1.14. The molecule has 0 N–H and O–H groups in total. The summed E-state index contributed by atoms with van der Waals surface area (Å²) in [6, 6.07) is 9.89. The predicted octanol–water partition coefficient (Wildman–Crippen LogP) is 1.61. The van der Waals surface area contributed by atoms with Crippen molar-refractivity contribution in [2.75, 3.05) is 24.6 Å². The SMILES string of the molecule is O=C(Cc1csc(-c2ccccc2)n1)N1CC2(C1)CS(=O)(=O)C2. The highest BCUT2D eigenvalue weighted by atomic mass is 32.2. The molecule has 0 aliphatic carbocycles. The van der Waals surface area contributed by atoms with Gasteiger partial charge in [-0.1, -0.05) is 30.3 Å². The molecule has 120 valence electrons. The summed E-state index contributed by atoms with van der Waals surface area (Å²) in [5.74, 6) is 0.502. The van der Waals surface area contributed by atoms with Crippen LogP contribution >= 0.6 is 11.3 Å². The first-order valence-corrected chi connectivity index (χ1v) is 10.1. The van der Waals surface area contributed by atoms with Crippen LogP contribution in [0.2, 0.25) is 0 Å². The predicted molar refractivity (Wildman–Crippen MR) is 88.9 cm³/mol. The van der Waals surface area contributed by atoms with Gasteiger partial charge in [0.15, 0.2) is 9.84 Å². The number of benzene rings is 1. The first-order chi connectivity index (χ1) is 10.9. The Bertz CT molecular complexity index is 838. The second kappa shape index (κ2) is 5.14. The number of hydrogen-bond donors (Lipinski definition) is 0. The molecule has 2 fully saturated rings. The Morgan fingerprint density at radius 2 is 1.91 bits per heavy atom. The Balaban J connectivity index is 1.36. The van der Waals surface area contributed by atoms with Gasteiger partial charge in [0.05, 0.1) is 23.6 Å². The van der Waals surface area contributed by atoms with Crippen LogP contribution in [0, 0.1) is 5.41 Å². The normalized spacial score (nSPS) is 20.8. The van der Waals surface area contributed by atoms with Crippen LogP contribution in [0.4, 0.5) is 0 Å². The van der Waals surface area contributed by atoms with Crippen LogP contribution in [0.1, 0.15) is 5.69 Å². The first kappa shape index (κ1) is 14.8. The van der Waals surface area contributed by atoms with Gasteiger partial charge in [-0.3, -0.25) is 4.79 Å². The zero-order chi connectivity index (χ0) is 16.1. The molecule has 2 aliphatic heterocycles. The molecule has 2 aromatic rings. The summed E-state index contributed by atoms with van der Waals surface area (Å²) in [5.41, 5.74) is 1.69. The molecule has 1 spiro atoms. The Hall–Kier alpha value is -1.73. The summed E-state index contributed by atoms with van der Waals surface area (Å²) < 4.78 is 22.6. The molecular weight excluding hydrogens is 332 g/mol. The van der Waals surface area contributed by atoms with Crippen LogP contribution in [-0.4, -0.2) is 48.8 Å². The average Bonchev–Trinajstić information content (AvgIpc) is 2.91. The van der Waals surface area contributed by atoms with Crippen molar-refractivity contribution in [1.82, 2.24) is 9.88 Å². The van der Waals surface area contributed by atoms with Gasteiger partial charge < -0.3 is 4.90 Å². The molecule has 0 unspecified atom stereocenters. The summed E-state index contributed by atoms with van der Waals surface area (Å²) in [6.07, 6.45) is 0.284. The minimum Gasteiger partial charge on any atom is -0.341 e. The van der Waals surface area contributed by atoms with E-state index in [1.54, 1.807) is 4.90 Å². The minimum absolute atomic E-state index is 0.0323. The lowest BCUT2D eigenvalue weighted by molar-refractivity contribution is -0.141. The topological polar surface area (TPSA) is 67.3 Å². The maximum Gasteiger partial charge on any atom is 0.228 e. The van der Waals surface area contributed by atoms with E-state index in [1.165, 1.54) is 11.3 Å². The van der Waals surface area contributed by atoms with Crippen LogP contribution in [0.25, 0.3) is 10.6 Å². The number of rotatable bonds is 3. The Kier molecular flexibility index (Phi) is 3.32. The fraction of sp³-hybridized carbons (Fsp3) is 0.375. The molecule has 4 rings (SSSR count). The van der Waals surface area contributed by atoms with Crippen molar-refractivity contribution in [2.24, 2.45) is 5.41 Å². The van der Waals surface area contributed by atoms with Crippen molar-refractivity contribution in [3.05, 3.63) is 41.4 Å². The van der Waals surface area contributed by atoms with E-state index in [1.807, 2.05) is 35.7 Å². The molecule has 23 heavy (non-hydrogen) atoms. The van der Waals surface area contributed by atoms with Crippen molar-refractivity contribution in [3.8, 4) is 10.6 Å². The lowest BCUT2D eigenvalue weighted by Crippen LogP contribution is -2.69. The van der Waals surface area contributed by atoms with Gasteiger partial charge in [-0.15, -0.1) is 11.3 Å². The van der Waals surface area contributed by atoms with Gasteiger partial charge in [0.1, 0.15) is 5.01 Å². The molecule has 1 aromatic carbocycles. The van der Waals surface area contributed by atoms with Crippen LogP contribution < -0.4 is 0 Å². The van der Waals surface area contributed by atoms with E-state index in [4.69, 9.17) is 0 Å². The molecule has 1 aromatic heterocycles. The third-order valence-electron chi connectivity index (χ3n) is 4.36. The van der Waals surface area contributed by atoms with Gasteiger partial charge in [0.2, 0.25) is 5.91 Å². The highest BCUT2D eigenvalue weighted by Gasteiger charge is 2.56. The highest BCUT2D eigenvalue weighted by Crippen LogP contribution is 2.41. The fourth-order valence-electron chi connectivity index (χ4n) is 3.38. The van der Waals surface area contributed by atoms with E-state index in [9.17, 15) is 13.2 Å². The zero-order valence-corrected chi connectivity index (χ0v) is 14.1. The Morgan fingerprint density at radius 1 is 1.22 bits per heavy atom. The van der Waals surface area contributed by atoms with Gasteiger partial charge >= 0.3 is 0 Å². The molecule has 5 nitrogen and oxygen atoms in total. The first-order valence-electron chi connectivity index (χ1n) is 7.43. The molecule has 0 saturated carbocycles. The maximum atomic E-state index is 12.3. The number of nitrogens with zero attached hydrogens (tertiary/aromatic N) is 2. The van der Waals surface area contributed by atoms with Crippen LogP contribution in [-0.2, 0) is 21.1 Å². The zero-order valence-electron chi connectivity index (χ0n) is 12.4. The number of hydrogen-bond acceptors (Lipinski definition) is 5. The largest absolute Gasteiger partial charge is 0.341 e. The third kappa shape index (κ3) is 2.79. The molecule has 2 aliphatic rings. The number of carbonyl (C=O) groups is 1. The van der Waals surface area contributed by atoms with Gasteiger partial charge in [0, 0.05) is 29.4 Å². The standard InChI is InChI=1S/C16H16N2O3S2/c19-14(18-8-16(9-18)10-23(20,21)11-16)6-13-7-22-15(17-13)12-4-2-1-3-5-12/h1-5,7H,6,8-11H2. The number of aromatic nitrogens is 1. The molecule has 2 saturated heterocycles. The molecule has 1 amide bonds. The van der Waals surface area contributed by atoms with Crippen LogP contribution in [0.3, 0.4) is 0 Å². The molecule has 7 heteroatoms. The fourth-order valence-corrected chi connectivity index (χ4v) is 6.35. The number of likely N-dealkylation sites (tertiary alicyclic amines) is 1. The number of sulfone groups is 1. The van der Waals surface area contributed by atoms with E-state index >= 15 is 0 Å². The van der Waals surface area contributed by atoms with E-state index in [-0.39, 0.29) is 29.2 Å². The third-order valence-corrected chi connectivity index (χ3v) is 7.41. The van der Waals surface area contributed by atoms with E-state index < -0.39 is 9.84 Å². The summed E-state index contributed by atoms with van der Waals surface area (Å²) >= 11 is 1.54. The minimum atomic E-state index is -2.83. The lowest BCUT2D eigenvalue weighted by atomic mass is 9.82. The second-order valence-electron chi connectivity index (χ2n) is 6.47. The van der Waals surface area contributed by atoms with Crippen molar-refractivity contribution < 1.29 is 13.2 Å². The van der Waals surface area contributed by atoms with Crippen molar-refractivity contribution >= 4 is 27.1 Å². The Labute approximate surface area is 138 Å². The average molecular weight is 348 g/mol. The Morgan fingerprint density at radius 3 is 2.57 bits per heavy atom. The highest BCUT2D eigenvalue weighted by molar-refractivity contribution is 7.92. The van der Waals surface area contributed by atoms with Crippen LogP contribution in [0.5, 0.6) is 0 Å². The van der Waals surface area contributed by atoms with Crippen molar-refractivity contribution in [1.29, 1.82) is 0 Å². The lowest BCUT2D eigenvalue weighted by Gasteiger charge is -2.54. The molecular formula is C16H16N2O3S2. The summed E-state index contributed by atoms with van der Waals surface area (Å²) in [5, 5.41) is 2.84. The molecule has 0 radical (unpaired) electrons. The second-order valence-corrected chi connectivity index (χ2v) is 9.39. The van der Waals surface area contributed by atoms with Gasteiger partial charge in [-0.2, -0.15) is 0 Å². The molecule has 3 heterocycles. The van der Waals surface area contributed by atoms with Crippen molar-refractivity contribution in [2.45, 2.75) is 6.42 Å². The van der Waals surface area contributed by atoms with Gasteiger partial charge in [-0.05, 0) is 0 Å². The summed E-state index contributed by atoms with van der Waals surface area (Å²) in [4.78, 5) is 18.5. The molecule has 0 atom stereocenters. The number of carbonyl (C=O) groups excluding carboxylic acids is 1. The van der Waals surface area contributed by atoms with Crippen molar-refractivity contribution in [3.63, 3.8) is 0 Å².